The summed E-state index contributed by atoms with van der Waals surface area (Å²) in [6, 6.07) is 66.7. The molecule has 1 aliphatic rings. The van der Waals surface area contributed by atoms with Gasteiger partial charge in [-0.15, -0.1) is 0 Å². The molecule has 0 N–H and O–H groups in total. The van der Waals surface area contributed by atoms with Crippen molar-refractivity contribution in [1.82, 2.24) is 0 Å². The van der Waals surface area contributed by atoms with Crippen molar-refractivity contribution in [3.63, 3.8) is 0 Å². The van der Waals surface area contributed by atoms with Crippen molar-refractivity contribution in [2.75, 3.05) is 4.90 Å². The quantitative estimate of drug-likeness (QED) is 0.173. The molecule has 0 fully saturated rings. The van der Waals surface area contributed by atoms with Gasteiger partial charge in [0, 0.05) is 39.0 Å². The summed E-state index contributed by atoms with van der Waals surface area (Å²) in [5.41, 5.74) is 14.1. The molecule has 0 bridgehead atoms. The Balaban J connectivity index is 1.02. The molecular weight excluding hydrogens is 659 g/mol. The Kier molecular flexibility index (Phi) is 7.48. The molecule has 2 heterocycles. The summed E-state index contributed by atoms with van der Waals surface area (Å²) >= 11 is 0. The maximum atomic E-state index is 6.74. The number of ether oxygens (including phenoxy) is 1. The number of furan rings is 1. The van der Waals surface area contributed by atoms with Crippen molar-refractivity contribution in [1.29, 1.82) is 0 Å². The van der Waals surface area contributed by atoms with Crippen LogP contribution in [-0.4, -0.2) is 0 Å². The summed E-state index contributed by atoms with van der Waals surface area (Å²) in [4.78, 5) is 2.34. The summed E-state index contributed by atoms with van der Waals surface area (Å²) in [6.07, 6.45) is 0. The van der Waals surface area contributed by atoms with Crippen LogP contribution in [0.2, 0.25) is 0 Å². The molecule has 3 nitrogen and oxygen atoms in total. The lowest BCUT2D eigenvalue weighted by Gasteiger charge is -2.35. The first-order valence-electron chi connectivity index (χ1n) is 18.5. The highest BCUT2D eigenvalue weighted by Gasteiger charge is 2.36. The molecule has 258 valence electrons. The minimum atomic E-state index is -0.280. The zero-order chi connectivity index (χ0) is 36.2. The minimum absolute atomic E-state index is 0.280. The molecule has 0 aliphatic carbocycles. The van der Waals surface area contributed by atoms with Crippen LogP contribution in [-0.2, 0) is 5.41 Å². The third-order valence-corrected chi connectivity index (χ3v) is 10.9. The Bertz CT molecular complexity index is 2800. The smallest absolute Gasteiger partial charge is 0.143 e. The lowest BCUT2D eigenvalue weighted by molar-refractivity contribution is 0.423. The van der Waals surface area contributed by atoms with E-state index in [1.165, 1.54) is 27.8 Å². The van der Waals surface area contributed by atoms with Crippen molar-refractivity contribution < 1.29 is 9.15 Å². The average Bonchev–Trinajstić information content (AvgIpc) is 3.62. The molecule has 3 heteroatoms. The molecule has 1 aliphatic heterocycles. The monoisotopic (exact) mass is 695 g/mol. The maximum absolute atomic E-state index is 6.74. The maximum Gasteiger partial charge on any atom is 0.143 e. The number of benzene rings is 8. The molecule has 0 unspecified atom stereocenters. The molecule has 1 aromatic heterocycles. The second-order valence-corrected chi connectivity index (χ2v) is 14.6. The Morgan fingerprint density at radius 2 is 0.963 bits per heavy atom. The van der Waals surface area contributed by atoms with Crippen molar-refractivity contribution in [2.24, 2.45) is 0 Å². The Hall–Kier alpha value is -6.84. The highest BCUT2D eigenvalue weighted by molar-refractivity contribution is 6.09. The van der Waals surface area contributed by atoms with E-state index in [0.717, 1.165) is 67.2 Å². The molecule has 9 aromatic rings. The van der Waals surface area contributed by atoms with Crippen molar-refractivity contribution in [2.45, 2.75) is 19.3 Å². The zero-order valence-electron chi connectivity index (χ0n) is 30.2. The highest BCUT2D eigenvalue weighted by atomic mass is 16.5. The van der Waals surface area contributed by atoms with E-state index in [4.69, 9.17) is 9.15 Å². The van der Waals surface area contributed by atoms with E-state index in [9.17, 15) is 0 Å². The number of nitrogens with zero attached hydrogens (tertiary/aromatic N) is 1. The van der Waals surface area contributed by atoms with Crippen LogP contribution in [0.5, 0.6) is 11.5 Å². The van der Waals surface area contributed by atoms with Gasteiger partial charge in [0.25, 0.3) is 0 Å². The fraction of sp³-hybridized carbons (Fsp3) is 0.0588. The van der Waals surface area contributed by atoms with E-state index in [0.29, 0.717) is 0 Å². The number of hydrogen-bond donors (Lipinski definition) is 0. The summed E-state index contributed by atoms with van der Waals surface area (Å²) in [6.45, 7) is 4.58. The molecule has 0 amide bonds. The van der Waals surface area contributed by atoms with Crippen LogP contribution in [0.25, 0.3) is 55.3 Å². The third kappa shape index (κ3) is 5.36. The minimum Gasteiger partial charge on any atom is -0.456 e. The predicted molar refractivity (Wildman–Crippen MR) is 223 cm³/mol. The lowest BCUT2D eigenvalue weighted by Crippen LogP contribution is -2.24. The van der Waals surface area contributed by atoms with Gasteiger partial charge in [0.1, 0.15) is 22.7 Å². The van der Waals surface area contributed by atoms with Crippen LogP contribution in [0.15, 0.2) is 192 Å². The summed E-state index contributed by atoms with van der Waals surface area (Å²) in [5.74, 6) is 1.77. The average molecular weight is 696 g/mol. The Labute approximate surface area is 315 Å². The van der Waals surface area contributed by atoms with Gasteiger partial charge in [-0.2, -0.15) is 0 Å². The van der Waals surface area contributed by atoms with Crippen LogP contribution >= 0.6 is 0 Å². The second-order valence-electron chi connectivity index (χ2n) is 14.6. The largest absolute Gasteiger partial charge is 0.456 e. The van der Waals surface area contributed by atoms with E-state index in [1.54, 1.807) is 0 Å². The number of fused-ring (bicyclic) bond motifs is 6. The lowest BCUT2D eigenvalue weighted by atomic mass is 9.74. The van der Waals surface area contributed by atoms with Gasteiger partial charge in [-0.05, 0) is 94.0 Å². The van der Waals surface area contributed by atoms with Crippen LogP contribution in [0.1, 0.15) is 25.0 Å². The van der Waals surface area contributed by atoms with Gasteiger partial charge < -0.3 is 14.1 Å². The fourth-order valence-corrected chi connectivity index (χ4v) is 8.06. The standard InChI is InChI=1S/C51H37NO2/c1-51(2)44-29-31-48-49(43-18-9-10-19-46(43)53-48)50(44)54-47-30-24-39(33-45(47)51)37-22-27-41(28-23-37)52(40-25-20-36(21-26-40)34-12-5-3-6-13-34)42-17-11-16-38(32-42)35-14-7-4-8-15-35/h3-33H,1-2H3. The first kappa shape index (κ1) is 31.9. The zero-order valence-corrected chi connectivity index (χ0v) is 30.2. The van der Waals surface area contributed by atoms with E-state index < -0.39 is 0 Å². The van der Waals surface area contributed by atoms with Crippen molar-refractivity contribution in [3.8, 4) is 44.9 Å². The molecule has 54 heavy (non-hydrogen) atoms. The van der Waals surface area contributed by atoms with E-state index >= 15 is 0 Å². The third-order valence-electron chi connectivity index (χ3n) is 10.9. The fourth-order valence-electron chi connectivity index (χ4n) is 8.06. The van der Waals surface area contributed by atoms with Crippen molar-refractivity contribution in [3.05, 3.63) is 199 Å². The number of anilines is 3. The Morgan fingerprint density at radius 1 is 0.407 bits per heavy atom. The van der Waals surface area contributed by atoms with Gasteiger partial charge in [-0.1, -0.05) is 141 Å². The molecule has 0 saturated carbocycles. The first-order chi connectivity index (χ1) is 26.5. The molecule has 0 atom stereocenters. The Morgan fingerprint density at radius 3 is 1.67 bits per heavy atom. The van der Waals surface area contributed by atoms with Crippen LogP contribution in [0, 0.1) is 0 Å². The summed E-state index contributed by atoms with van der Waals surface area (Å²) in [5, 5.41) is 2.11. The second kappa shape index (κ2) is 12.7. The highest BCUT2D eigenvalue weighted by Crippen LogP contribution is 2.53. The van der Waals surface area contributed by atoms with Gasteiger partial charge >= 0.3 is 0 Å². The molecule has 10 rings (SSSR count). The van der Waals surface area contributed by atoms with Crippen LogP contribution < -0.4 is 9.64 Å². The van der Waals surface area contributed by atoms with E-state index in [2.05, 4.69) is 195 Å². The number of hydrogen-bond acceptors (Lipinski definition) is 3. The summed E-state index contributed by atoms with van der Waals surface area (Å²) in [7, 11) is 0. The first-order valence-corrected chi connectivity index (χ1v) is 18.5. The molecule has 0 saturated heterocycles. The normalized spacial score (nSPS) is 12.9. The van der Waals surface area contributed by atoms with Crippen LogP contribution in [0.4, 0.5) is 17.1 Å². The van der Waals surface area contributed by atoms with Gasteiger partial charge in [-0.25, -0.2) is 0 Å². The van der Waals surface area contributed by atoms with E-state index in [1.807, 2.05) is 12.1 Å². The SMILES string of the molecule is CC1(C)c2cc(-c3ccc(N(c4ccc(-c5ccccc5)cc4)c4cccc(-c5ccccc5)c4)cc3)ccc2Oc2c1ccc1oc3ccccc3c21. The van der Waals surface area contributed by atoms with Gasteiger partial charge in [0.05, 0.1) is 5.39 Å². The van der Waals surface area contributed by atoms with Crippen LogP contribution in [0.3, 0.4) is 0 Å². The van der Waals surface area contributed by atoms with Crippen molar-refractivity contribution >= 4 is 39.0 Å². The van der Waals surface area contributed by atoms with Gasteiger partial charge in [-0.3, -0.25) is 0 Å². The summed E-state index contributed by atoms with van der Waals surface area (Å²) < 4.78 is 12.9. The number of rotatable bonds is 6. The molecule has 0 radical (unpaired) electrons. The molecular formula is C51H37NO2. The van der Waals surface area contributed by atoms with E-state index in [-0.39, 0.29) is 5.41 Å². The molecule has 0 spiro atoms. The predicted octanol–water partition coefficient (Wildman–Crippen LogP) is 14.5. The topological polar surface area (TPSA) is 25.6 Å². The molecule has 8 aromatic carbocycles. The number of para-hydroxylation sites is 1. The van der Waals surface area contributed by atoms with Gasteiger partial charge in [0.15, 0.2) is 0 Å². The van der Waals surface area contributed by atoms with Gasteiger partial charge in [0.2, 0.25) is 0 Å².